The smallest absolute Gasteiger partial charge is 0.361 e. The van der Waals surface area contributed by atoms with E-state index in [2.05, 4.69) is 10.3 Å². The average molecular weight is 340 g/mol. The summed E-state index contributed by atoms with van der Waals surface area (Å²) in [5.74, 6) is -0.191. The van der Waals surface area contributed by atoms with E-state index in [-0.39, 0.29) is 17.4 Å². The second-order valence-corrected chi connectivity index (χ2v) is 5.36. The van der Waals surface area contributed by atoms with Crippen LogP contribution >= 0.6 is 0 Å². The number of hydrogen-bond acceptors (Lipinski definition) is 6. The first-order valence-corrected chi connectivity index (χ1v) is 7.60. The lowest BCUT2D eigenvalue weighted by atomic mass is 10.1. The van der Waals surface area contributed by atoms with Crippen molar-refractivity contribution in [1.29, 1.82) is 0 Å². The molecule has 1 N–H and O–H groups in total. The van der Waals surface area contributed by atoms with Gasteiger partial charge < -0.3 is 18.9 Å². The molecule has 7 heteroatoms. The second kappa shape index (κ2) is 7.04. The molecule has 2 aromatic heterocycles. The van der Waals surface area contributed by atoms with Gasteiger partial charge in [-0.15, -0.1) is 0 Å². The zero-order valence-corrected chi connectivity index (χ0v) is 13.7. The van der Waals surface area contributed by atoms with E-state index >= 15 is 0 Å². The number of benzene rings is 1. The van der Waals surface area contributed by atoms with Crippen molar-refractivity contribution in [3.8, 4) is 11.5 Å². The Balaban J connectivity index is 1.76. The fraction of sp³-hybridized carbons (Fsp3) is 0.167. The molecule has 0 aliphatic rings. The van der Waals surface area contributed by atoms with Gasteiger partial charge in [-0.3, -0.25) is 4.79 Å². The number of ether oxygens (including phenoxy) is 1. The zero-order chi connectivity index (χ0) is 17.8. The summed E-state index contributed by atoms with van der Waals surface area (Å²) in [5, 5.41) is 2.69. The van der Waals surface area contributed by atoms with Gasteiger partial charge in [-0.1, -0.05) is 12.1 Å². The molecule has 0 saturated heterocycles. The fourth-order valence-electron chi connectivity index (χ4n) is 2.33. The number of carbonyl (C=O) groups is 2. The van der Waals surface area contributed by atoms with Crippen LogP contribution in [0.2, 0.25) is 0 Å². The molecule has 0 bridgehead atoms. The number of esters is 1. The number of nitrogens with one attached hydrogen (secondary N) is 1. The zero-order valence-electron chi connectivity index (χ0n) is 13.7. The van der Waals surface area contributed by atoms with Gasteiger partial charge in [-0.05, 0) is 36.8 Å². The molecule has 7 nitrogen and oxygen atoms in total. The van der Waals surface area contributed by atoms with Gasteiger partial charge in [-0.25, -0.2) is 9.78 Å². The van der Waals surface area contributed by atoms with E-state index in [1.165, 1.54) is 13.2 Å². The standard InChI is InChI=1S/C18H16N2O5/c1-11(13-5-3-6-14(9-13)20-12(2)21)25-18(22)16-17(24-10-19-16)15-7-4-8-23-15/h3-11H,1-2H3,(H,20,21). The average Bonchev–Trinajstić information content (AvgIpc) is 3.25. The van der Waals surface area contributed by atoms with Crippen molar-refractivity contribution in [3.05, 3.63) is 60.3 Å². The number of nitrogens with zero attached hydrogens (tertiary/aromatic N) is 1. The Hall–Kier alpha value is -3.35. The van der Waals surface area contributed by atoms with Gasteiger partial charge in [0.05, 0.1) is 6.26 Å². The molecule has 0 spiro atoms. The molecule has 1 atom stereocenters. The largest absolute Gasteiger partial charge is 0.461 e. The van der Waals surface area contributed by atoms with Crippen molar-refractivity contribution in [1.82, 2.24) is 4.98 Å². The van der Waals surface area contributed by atoms with Crippen molar-refractivity contribution in [2.45, 2.75) is 20.0 Å². The topological polar surface area (TPSA) is 94.6 Å². The van der Waals surface area contributed by atoms with E-state index in [9.17, 15) is 9.59 Å². The maximum absolute atomic E-state index is 12.4. The molecule has 1 amide bonds. The highest BCUT2D eigenvalue weighted by Crippen LogP contribution is 2.26. The molecule has 25 heavy (non-hydrogen) atoms. The first-order chi connectivity index (χ1) is 12.0. The summed E-state index contributed by atoms with van der Waals surface area (Å²) in [6, 6.07) is 10.4. The molecule has 3 rings (SSSR count). The summed E-state index contributed by atoms with van der Waals surface area (Å²) in [5.41, 5.74) is 1.41. The molecule has 128 valence electrons. The van der Waals surface area contributed by atoms with E-state index in [0.717, 1.165) is 12.0 Å². The third-order valence-electron chi connectivity index (χ3n) is 3.47. The normalized spacial score (nSPS) is 11.8. The first kappa shape index (κ1) is 16.5. The highest BCUT2D eigenvalue weighted by Gasteiger charge is 2.23. The minimum Gasteiger partial charge on any atom is -0.461 e. The first-order valence-electron chi connectivity index (χ1n) is 7.60. The predicted molar refractivity (Wildman–Crippen MR) is 88.8 cm³/mol. The lowest BCUT2D eigenvalue weighted by Crippen LogP contribution is -2.11. The highest BCUT2D eigenvalue weighted by molar-refractivity contribution is 5.93. The van der Waals surface area contributed by atoms with E-state index in [4.69, 9.17) is 13.6 Å². The molecule has 2 heterocycles. The molecular formula is C18H16N2O5. The van der Waals surface area contributed by atoms with Gasteiger partial charge in [0.25, 0.3) is 0 Å². The van der Waals surface area contributed by atoms with Gasteiger partial charge in [-0.2, -0.15) is 0 Å². The Kier molecular flexibility index (Phi) is 4.65. The van der Waals surface area contributed by atoms with Crippen molar-refractivity contribution in [2.75, 3.05) is 5.32 Å². The van der Waals surface area contributed by atoms with Crippen LogP contribution in [0.5, 0.6) is 0 Å². The Morgan fingerprint density at radius 1 is 1.20 bits per heavy atom. The molecule has 0 saturated carbocycles. The Morgan fingerprint density at radius 2 is 2.04 bits per heavy atom. The van der Waals surface area contributed by atoms with Crippen LogP contribution in [0.1, 0.15) is 36.0 Å². The molecule has 3 aromatic rings. The summed E-state index contributed by atoms with van der Waals surface area (Å²) < 4.78 is 15.9. The molecule has 0 aliphatic heterocycles. The minimum absolute atomic E-state index is 0.0415. The number of hydrogen-bond donors (Lipinski definition) is 1. The van der Waals surface area contributed by atoms with Gasteiger partial charge in [0.2, 0.25) is 11.7 Å². The molecule has 1 aromatic carbocycles. The van der Waals surface area contributed by atoms with Crippen molar-refractivity contribution >= 4 is 17.6 Å². The Morgan fingerprint density at radius 3 is 2.76 bits per heavy atom. The lowest BCUT2D eigenvalue weighted by molar-refractivity contribution is -0.114. The number of oxazole rings is 1. The van der Waals surface area contributed by atoms with Gasteiger partial charge >= 0.3 is 5.97 Å². The highest BCUT2D eigenvalue weighted by atomic mass is 16.5. The minimum atomic E-state index is -0.627. The van der Waals surface area contributed by atoms with Gasteiger partial charge in [0.1, 0.15) is 6.10 Å². The number of amides is 1. The number of furan rings is 1. The van der Waals surface area contributed by atoms with Crippen LogP contribution in [-0.4, -0.2) is 16.9 Å². The Bertz CT molecular complexity index is 883. The maximum Gasteiger partial charge on any atom is 0.361 e. The lowest BCUT2D eigenvalue weighted by Gasteiger charge is -2.14. The van der Waals surface area contributed by atoms with E-state index in [1.54, 1.807) is 43.3 Å². The van der Waals surface area contributed by atoms with Crippen LogP contribution < -0.4 is 5.32 Å². The summed E-state index contributed by atoms with van der Waals surface area (Å²) in [6.45, 7) is 3.16. The molecule has 0 fully saturated rings. The van der Waals surface area contributed by atoms with Crippen LogP contribution in [0.3, 0.4) is 0 Å². The quantitative estimate of drug-likeness (QED) is 0.710. The maximum atomic E-state index is 12.4. The van der Waals surface area contributed by atoms with Crippen LogP contribution in [0.25, 0.3) is 11.5 Å². The van der Waals surface area contributed by atoms with Crippen LogP contribution in [0.15, 0.2) is 57.9 Å². The van der Waals surface area contributed by atoms with Gasteiger partial charge in [0.15, 0.2) is 17.8 Å². The SMILES string of the molecule is CC(=O)Nc1cccc(C(C)OC(=O)c2ncoc2-c2ccco2)c1. The number of anilines is 1. The molecule has 1 unspecified atom stereocenters. The molecule has 0 aliphatic carbocycles. The summed E-state index contributed by atoms with van der Waals surface area (Å²) in [7, 11) is 0. The van der Waals surface area contributed by atoms with Crippen molar-refractivity contribution in [2.24, 2.45) is 0 Å². The van der Waals surface area contributed by atoms with E-state index in [0.29, 0.717) is 11.4 Å². The Labute approximate surface area is 143 Å². The van der Waals surface area contributed by atoms with Crippen LogP contribution in [-0.2, 0) is 9.53 Å². The summed E-state index contributed by atoms with van der Waals surface area (Å²) in [4.78, 5) is 27.5. The van der Waals surface area contributed by atoms with Gasteiger partial charge in [0, 0.05) is 12.6 Å². The van der Waals surface area contributed by atoms with Crippen molar-refractivity contribution < 1.29 is 23.2 Å². The van der Waals surface area contributed by atoms with E-state index in [1.807, 2.05) is 0 Å². The fourth-order valence-corrected chi connectivity index (χ4v) is 2.33. The third-order valence-corrected chi connectivity index (χ3v) is 3.47. The van der Waals surface area contributed by atoms with Crippen LogP contribution in [0.4, 0.5) is 5.69 Å². The summed E-state index contributed by atoms with van der Waals surface area (Å²) >= 11 is 0. The third kappa shape index (κ3) is 3.77. The number of aromatic nitrogens is 1. The number of carbonyl (C=O) groups excluding carboxylic acids is 2. The summed E-state index contributed by atoms with van der Waals surface area (Å²) in [6.07, 6.45) is 2.10. The monoisotopic (exact) mass is 340 g/mol. The molecular weight excluding hydrogens is 324 g/mol. The predicted octanol–water partition coefficient (Wildman–Crippen LogP) is 3.81. The molecule has 0 radical (unpaired) electrons. The number of rotatable bonds is 5. The van der Waals surface area contributed by atoms with E-state index < -0.39 is 12.1 Å². The van der Waals surface area contributed by atoms with Crippen molar-refractivity contribution in [3.63, 3.8) is 0 Å². The second-order valence-electron chi connectivity index (χ2n) is 5.36. The van der Waals surface area contributed by atoms with Crippen LogP contribution in [0, 0.1) is 0 Å².